The Hall–Kier alpha value is -3.36. The quantitative estimate of drug-likeness (QED) is 0.607. The van der Waals surface area contributed by atoms with E-state index in [1.165, 1.54) is 55.6 Å². The van der Waals surface area contributed by atoms with Crippen molar-refractivity contribution in [1.29, 1.82) is 0 Å². The topological polar surface area (TPSA) is 110 Å². The van der Waals surface area contributed by atoms with Crippen LogP contribution < -0.4 is 15.4 Å². The van der Waals surface area contributed by atoms with Gasteiger partial charge in [-0.3, -0.25) is 13.9 Å². The minimum Gasteiger partial charge on any atom is -0.366 e. The molecule has 3 rings (SSSR count). The second kappa shape index (κ2) is 8.56. The Bertz CT molecular complexity index is 1180. The molecule has 0 radical (unpaired) electrons. The van der Waals surface area contributed by atoms with Crippen LogP contribution in [0.5, 0.6) is 0 Å². The molecule has 3 aromatic carbocycles. The number of carbonyl (C=O) groups is 2. The zero-order valence-corrected chi connectivity index (χ0v) is 17.4. The van der Waals surface area contributed by atoms with Crippen molar-refractivity contribution >= 4 is 44.8 Å². The first kappa shape index (κ1) is 21.4. The predicted molar refractivity (Wildman–Crippen MR) is 116 cm³/mol. The van der Waals surface area contributed by atoms with Gasteiger partial charge in [-0.2, -0.15) is 0 Å². The fourth-order valence-electron chi connectivity index (χ4n) is 2.65. The van der Waals surface area contributed by atoms with Gasteiger partial charge in [-0.25, -0.2) is 8.42 Å². The standard InChI is InChI=1S/C21H18ClN3O4S/c1-25(30(28,29)19-12-6-16(22)7-13-19)18-10-4-15(5-11-18)21(27)24-17-8-2-14(3-9-17)20(23)26/h2-13H,1H3,(H2,23,26)(H,24,27). The Kier molecular flexibility index (Phi) is 6.09. The maximum absolute atomic E-state index is 12.7. The van der Waals surface area contributed by atoms with Crippen molar-refractivity contribution in [1.82, 2.24) is 0 Å². The van der Waals surface area contributed by atoms with Crippen LogP contribution in [0.3, 0.4) is 0 Å². The van der Waals surface area contributed by atoms with Crippen molar-refractivity contribution in [2.24, 2.45) is 5.73 Å². The van der Waals surface area contributed by atoms with E-state index >= 15 is 0 Å². The first-order valence-electron chi connectivity index (χ1n) is 8.74. The van der Waals surface area contributed by atoms with E-state index in [1.54, 1.807) is 24.3 Å². The minimum absolute atomic E-state index is 0.107. The van der Waals surface area contributed by atoms with E-state index in [-0.39, 0.29) is 10.8 Å². The molecule has 154 valence electrons. The van der Waals surface area contributed by atoms with Gasteiger partial charge in [0.05, 0.1) is 10.6 Å². The number of nitrogens with zero attached hydrogens (tertiary/aromatic N) is 1. The lowest BCUT2D eigenvalue weighted by Gasteiger charge is -2.19. The second-order valence-electron chi connectivity index (χ2n) is 6.37. The highest BCUT2D eigenvalue weighted by molar-refractivity contribution is 7.92. The van der Waals surface area contributed by atoms with Crippen LogP contribution in [0.4, 0.5) is 11.4 Å². The molecule has 3 N–H and O–H groups in total. The highest BCUT2D eigenvalue weighted by Gasteiger charge is 2.21. The average molecular weight is 444 g/mol. The lowest BCUT2D eigenvalue weighted by Crippen LogP contribution is -2.26. The number of nitrogens with one attached hydrogen (secondary N) is 1. The molecule has 2 amide bonds. The zero-order chi connectivity index (χ0) is 21.9. The number of primary amides is 1. The molecular formula is C21H18ClN3O4S. The highest BCUT2D eigenvalue weighted by Crippen LogP contribution is 2.24. The van der Waals surface area contributed by atoms with Gasteiger partial charge in [-0.15, -0.1) is 0 Å². The molecule has 0 saturated carbocycles. The number of benzene rings is 3. The lowest BCUT2D eigenvalue weighted by molar-refractivity contribution is 0.0998. The molecule has 0 saturated heterocycles. The van der Waals surface area contributed by atoms with Crippen LogP contribution in [0.25, 0.3) is 0 Å². The number of sulfonamides is 1. The SMILES string of the molecule is CN(c1ccc(C(=O)Nc2ccc(C(N)=O)cc2)cc1)S(=O)(=O)c1ccc(Cl)cc1. The molecule has 3 aromatic rings. The Labute approximate surface area is 179 Å². The molecule has 0 bridgehead atoms. The van der Waals surface area contributed by atoms with Gasteiger partial charge in [0.1, 0.15) is 0 Å². The molecule has 0 aromatic heterocycles. The molecule has 0 atom stereocenters. The summed E-state index contributed by atoms with van der Waals surface area (Å²) in [7, 11) is -2.34. The van der Waals surface area contributed by atoms with E-state index < -0.39 is 15.9 Å². The van der Waals surface area contributed by atoms with Gasteiger partial charge in [0.25, 0.3) is 15.9 Å². The largest absolute Gasteiger partial charge is 0.366 e. The van der Waals surface area contributed by atoms with Crippen LogP contribution in [0.1, 0.15) is 20.7 Å². The first-order chi connectivity index (χ1) is 14.2. The van der Waals surface area contributed by atoms with Crippen LogP contribution in [-0.4, -0.2) is 27.3 Å². The van der Waals surface area contributed by atoms with Gasteiger partial charge in [-0.05, 0) is 72.8 Å². The average Bonchev–Trinajstić information content (AvgIpc) is 2.74. The molecule has 0 fully saturated rings. The van der Waals surface area contributed by atoms with Crippen LogP contribution >= 0.6 is 11.6 Å². The minimum atomic E-state index is -3.77. The fourth-order valence-corrected chi connectivity index (χ4v) is 3.97. The first-order valence-corrected chi connectivity index (χ1v) is 10.6. The van der Waals surface area contributed by atoms with E-state index in [1.807, 2.05) is 0 Å². The number of carbonyl (C=O) groups excluding carboxylic acids is 2. The molecule has 0 heterocycles. The van der Waals surface area contributed by atoms with Crippen LogP contribution in [0, 0.1) is 0 Å². The van der Waals surface area contributed by atoms with Crippen LogP contribution in [-0.2, 0) is 10.0 Å². The molecule has 0 aliphatic rings. The van der Waals surface area contributed by atoms with Crippen molar-refractivity contribution in [3.63, 3.8) is 0 Å². The van der Waals surface area contributed by atoms with Gasteiger partial charge in [0.15, 0.2) is 0 Å². The number of rotatable bonds is 6. The van der Waals surface area contributed by atoms with Gasteiger partial charge >= 0.3 is 0 Å². The molecule has 30 heavy (non-hydrogen) atoms. The summed E-state index contributed by atoms with van der Waals surface area (Å²) in [5, 5.41) is 3.14. The second-order valence-corrected chi connectivity index (χ2v) is 8.77. The lowest BCUT2D eigenvalue weighted by atomic mass is 10.1. The van der Waals surface area contributed by atoms with Crippen molar-refractivity contribution in [2.45, 2.75) is 4.90 Å². The molecule has 0 aliphatic heterocycles. The Morgan fingerprint density at radius 3 is 1.93 bits per heavy atom. The van der Waals surface area contributed by atoms with E-state index in [2.05, 4.69) is 5.32 Å². The third-order valence-corrected chi connectivity index (χ3v) is 6.44. The van der Waals surface area contributed by atoms with Gasteiger partial charge in [0.2, 0.25) is 5.91 Å². The fraction of sp³-hybridized carbons (Fsp3) is 0.0476. The molecule has 0 spiro atoms. The number of hydrogen-bond acceptors (Lipinski definition) is 4. The van der Waals surface area contributed by atoms with E-state index in [4.69, 9.17) is 17.3 Å². The number of halogens is 1. The maximum atomic E-state index is 12.7. The summed E-state index contributed by atoms with van der Waals surface area (Å²) in [5.41, 5.74) is 6.76. The summed E-state index contributed by atoms with van der Waals surface area (Å²) in [5.74, 6) is -0.933. The van der Waals surface area contributed by atoms with E-state index in [0.717, 1.165) is 4.31 Å². The number of hydrogen-bond donors (Lipinski definition) is 2. The number of amides is 2. The Morgan fingerprint density at radius 1 is 0.867 bits per heavy atom. The molecule has 7 nitrogen and oxygen atoms in total. The van der Waals surface area contributed by atoms with Gasteiger partial charge in [0, 0.05) is 28.9 Å². The van der Waals surface area contributed by atoms with Crippen molar-refractivity contribution < 1.29 is 18.0 Å². The summed E-state index contributed by atoms with van der Waals surface area (Å²) in [4.78, 5) is 23.6. The molecular weight excluding hydrogens is 426 g/mol. The molecule has 0 unspecified atom stereocenters. The Morgan fingerprint density at radius 2 is 1.40 bits per heavy atom. The summed E-state index contributed by atoms with van der Waals surface area (Å²) in [6.45, 7) is 0. The maximum Gasteiger partial charge on any atom is 0.264 e. The smallest absolute Gasteiger partial charge is 0.264 e. The van der Waals surface area contributed by atoms with Crippen molar-refractivity contribution in [2.75, 3.05) is 16.7 Å². The predicted octanol–water partition coefficient (Wildman–Crippen LogP) is 3.52. The molecule has 0 aliphatic carbocycles. The van der Waals surface area contributed by atoms with E-state index in [0.29, 0.717) is 27.5 Å². The third-order valence-electron chi connectivity index (χ3n) is 4.39. The van der Waals surface area contributed by atoms with Crippen LogP contribution in [0.15, 0.2) is 77.7 Å². The zero-order valence-electron chi connectivity index (χ0n) is 15.9. The summed E-state index contributed by atoms with van der Waals surface area (Å²) < 4.78 is 26.6. The summed E-state index contributed by atoms with van der Waals surface area (Å²) in [6, 6.07) is 18.2. The normalized spacial score (nSPS) is 11.0. The van der Waals surface area contributed by atoms with E-state index in [9.17, 15) is 18.0 Å². The van der Waals surface area contributed by atoms with Crippen molar-refractivity contribution in [3.05, 3.63) is 88.9 Å². The number of nitrogens with two attached hydrogens (primary N) is 1. The monoisotopic (exact) mass is 443 g/mol. The van der Waals surface area contributed by atoms with Gasteiger partial charge in [-0.1, -0.05) is 11.6 Å². The molecule has 9 heteroatoms. The third kappa shape index (κ3) is 4.61. The highest BCUT2D eigenvalue weighted by atomic mass is 35.5. The van der Waals surface area contributed by atoms with Crippen molar-refractivity contribution in [3.8, 4) is 0 Å². The number of anilines is 2. The summed E-state index contributed by atoms with van der Waals surface area (Å²) in [6.07, 6.45) is 0. The van der Waals surface area contributed by atoms with Crippen LogP contribution in [0.2, 0.25) is 5.02 Å². The Balaban J connectivity index is 1.74. The summed E-state index contributed by atoms with van der Waals surface area (Å²) >= 11 is 5.82. The van der Waals surface area contributed by atoms with Gasteiger partial charge < -0.3 is 11.1 Å².